The molecule has 0 unspecified atom stereocenters. The Morgan fingerprint density at radius 3 is 1.22 bits per heavy atom. The molecule has 0 radical (unpaired) electrons. The van der Waals surface area contributed by atoms with Crippen LogP contribution in [-0.2, 0) is 76.5 Å². The van der Waals surface area contributed by atoms with Crippen LogP contribution >= 0.6 is 0 Å². The molecule has 4 rings (SSSR count). The number of amides is 1. The second-order valence-electron chi connectivity index (χ2n) is 16.4. The predicted molar refractivity (Wildman–Crippen MR) is 268 cm³/mol. The average Bonchev–Trinajstić information content (AvgIpc) is 3.35. The number of aliphatic carboxylic acids is 1. The van der Waals surface area contributed by atoms with E-state index in [9.17, 15) is 22.6 Å². The highest BCUT2D eigenvalue weighted by atomic mass is 32.2. The lowest BCUT2D eigenvalue weighted by Crippen LogP contribution is -2.27. The van der Waals surface area contributed by atoms with Gasteiger partial charge in [-0.1, -0.05) is 18.2 Å². The second-order valence-corrected chi connectivity index (χ2v) is 17.8. The van der Waals surface area contributed by atoms with Crippen molar-refractivity contribution in [2.45, 2.75) is 50.8 Å². The largest absolute Gasteiger partial charge is 0.493 e. The van der Waals surface area contributed by atoms with Crippen LogP contribution in [0.25, 0.3) is 32.3 Å². The van der Waals surface area contributed by atoms with Crippen LogP contribution in [0.5, 0.6) is 5.75 Å². The fourth-order valence-corrected chi connectivity index (χ4v) is 8.15. The third-order valence-corrected chi connectivity index (χ3v) is 11.8. The maximum Gasteiger partial charge on any atom is 0.305 e. The molecule has 0 spiro atoms. The van der Waals surface area contributed by atoms with Gasteiger partial charge in [-0.15, -0.1) is 0 Å². The molecule has 72 heavy (non-hydrogen) atoms. The summed E-state index contributed by atoms with van der Waals surface area (Å²) in [6.07, 6.45) is 2.73. The molecule has 0 aliphatic rings. The normalized spacial score (nSPS) is 12.0. The standard InChI is InChI=1S/C51H77NO19S/c1-40-38-46(44-9-10-45-47(72(56,57)58)39-41(2)43-8-7-42(40)50(44)51(43)45)71-13-5-3-4-6-48(53)52-12-15-60-17-19-62-21-23-64-25-27-66-29-31-68-33-35-70-37-36-69-34-32-67-30-28-65-26-24-63-22-20-61-18-16-59-14-11-49(54)55/h7-10,38-39H,3-6,11-37H2,1-2H3,(H,52,53)(H,54,55)(H,56,57,58). The van der Waals surface area contributed by atoms with E-state index >= 15 is 0 Å². The molecule has 4 aromatic carbocycles. The predicted octanol–water partition coefficient (Wildman–Crippen LogP) is 5.18. The van der Waals surface area contributed by atoms with Gasteiger partial charge in [-0.3, -0.25) is 14.1 Å². The molecule has 0 fully saturated rings. The Bertz CT molecular complexity index is 2210. The van der Waals surface area contributed by atoms with E-state index < -0.39 is 16.1 Å². The average molecular weight is 1040 g/mol. The Kier molecular flexibility index (Phi) is 31.1. The number of aryl methyl sites for hydroxylation is 2. The maximum absolute atomic E-state index is 12.3. The highest BCUT2D eigenvalue weighted by molar-refractivity contribution is 7.86. The van der Waals surface area contributed by atoms with Gasteiger partial charge in [0, 0.05) is 29.1 Å². The highest BCUT2D eigenvalue weighted by Crippen LogP contribution is 2.43. The molecule has 0 saturated carbocycles. The molecule has 406 valence electrons. The zero-order chi connectivity index (χ0) is 51.5. The van der Waals surface area contributed by atoms with Gasteiger partial charge in [-0.05, 0) is 78.6 Å². The number of carbonyl (C=O) groups excluding carboxylic acids is 1. The van der Waals surface area contributed by atoms with Gasteiger partial charge in [0.05, 0.1) is 172 Å². The van der Waals surface area contributed by atoms with E-state index in [1.165, 1.54) is 6.07 Å². The number of hydrogen-bond acceptors (Lipinski definition) is 17. The lowest BCUT2D eigenvalue weighted by atomic mass is 9.90. The Morgan fingerprint density at radius 1 is 0.444 bits per heavy atom. The minimum atomic E-state index is -4.42. The van der Waals surface area contributed by atoms with Gasteiger partial charge in [0.25, 0.3) is 10.1 Å². The van der Waals surface area contributed by atoms with Crippen molar-refractivity contribution in [2.75, 3.05) is 172 Å². The number of ether oxygens (including phenoxy) is 13. The minimum Gasteiger partial charge on any atom is -0.493 e. The fourth-order valence-electron chi connectivity index (χ4n) is 7.38. The molecule has 0 saturated heterocycles. The van der Waals surface area contributed by atoms with E-state index in [2.05, 4.69) is 5.32 Å². The van der Waals surface area contributed by atoms with Gasteiger partial charge in [0.1, 0.15) is 10.6 Å². The number of carbonyl (C=O) groups is 2. The fraction of sp³-hybridized carbons (Fsp3) is 0.647. The smallest absolute Gasteiger partial charge is 0.305 e. The van der Waals surface area contributed by atoms with Crippen molar-refractivity contribution in [1.82, 2.24) is 5.32 Å². The summed E-state index contributed by atoms with van der Waals surface area (Å²) in [5.41, 5.74) is 1.78. The molecule has 20 nitrogen and oxygen atoms in total. The van der Waals surface area contributed by atoms with Gasteiger partial charge in [-0.2, -0.15) is 8.42 Å². The van der Waals surface area contributed by atoms with Crippen LogP contribution in [0.1, 0.15) is 43.2 Å². The number of hydrogen-bond donors (Lipinski definition) is 3. The van der Waals surface area contributed by atoms with Crippen molar-refractivity contribution in [2.24, 2.45) is 0 Å². The molecule has 3 N–H and O–H groups in total. The van der Waals surface area contributed by atoms with Gasteiger partial charge >= 0.3 is 5.97 Å². The van der Waals surface area contributed by atoms with Crippen LogP contribution in [0.2, 0.25) is 0 Å². The summed E-state index contributed by atoms with van der Waals surface area (Å²) in [5.74, 6) is -0.185. The molecule has 1 amide bonds. The summed E-state index contributed by atoms with van der Waals surface area (Å²) >= 11 is 0. The third-order valence-electron chi connectivity index (χ3n) is 10.9. The van der Waals surface area contributed by atoms with Crippen molar-refractivity contribution in [3.63, 3.8) is 0 Å². The Hall–Kier alpha value is -3.91. The van der Waals surface area contributed by atoms with Crippen LogP contribution in [0.15, 0.2) is 41.3 Å². The molecular weight excluding hydrogens is 963 g/mol. The van der Waals surface area contributed by atoms with Crippen molar-refractivity contribution in [3.05, 3.63) is 47.5 Å². The zero-order valence-corrected chi connectivity index (χ0v) is 42.9. The second kappa shape index (κ2) is 36.9. The van der Waals surface area contributed by atoms with Crippen molar-refractivity contribution in [3.8, 4) is 5.75 Å². The van der Waals surface area contributed by atoms with Crippen LogP contribution in [0.4, 0.5) is 0 Å². The number of rotatable bonds is 47. The van der Waals surface area contributed by atoms with Crippen molar-refractivity contribution in [1.29, 1.82) is 0 Å². The number of nitrogens with one attached hydrogen (secondary N) is 1. The molecule has 0 heterocycles. The van der Waals surface area contributed by atoms with E-state index in [0.29, 0.717) is 177 Å². The summed E-state index contributed by atoms with van der Waals surface area (Å²) in [6.45, 7) is 15.2. The Labute approximate surface area is 423 Å². The van der Waals surface area contributed by atoms with Crippen LogP contribution in [0, 0.1) is 13.8 Å². The molecule has 21 heteroatoms. The monoisotopic (exact) mass is 1040 g/mol. The number of unbranched alkanes of at least 4 members (excludes halogenated alkanes) is 2. The lowest BCUT2D eigenvalue weighted by Gasteiger charge is -2.18. The molecule has 0 aromatic heterocycles. The summed E-state index contributed by atoms with van der Waals surface area (Å²) < 4.78 is 106. The molecular formula is C51H77NO19S. The maximum atomic E-state index is 12.3. The van der Waals surface area contributed by atoms with Crippen molar-refractivity contribution < 1.29 is 89.2 Å². The van der Waals surface area contributed by atoms with Gasteiger partial charge in [0.2, 0.25) is 5.91 Å². The molecule has 0 aliphatic carbocycles. The van der Waals surface area contributed by atoms with E-state index in [1.54, 1.807) is 6.07 Å². The summed E-state index contributed by atoms with van der Waals surface area (Å²) in [5, 5.41) is 16.4. The van der Waals surface area contributed by atoms with E-state index in [4.69, 9.17) is 66.7 Å². The number of carboxylic acid groups (broad SMARTS) is 1. The highest BCUT2D eigenvalue weighted by Gasteiger charge is 2.21. The zero-order valence-electron chi connectivity index (χ0n) is 42.1. The van der Waals surface area contributed by atoms with Crippen LogP contribution in [0.3, 0.4) is 0 Å². The minimum absolute atomic E-state index is 0.0129. The quantitative estimate of drug-likeness (QED) is 0.0293. The first kappa shape index (κ1) is 60.6. The summed E-state index contributed by atoms with van der Waals surface area (Å²) in [6, 6.07) is 11.2. The first-order chi connectivity index (χ1) is 35.1. The molecule has 0 atom stereocenters. The summed E-state index contributed by atoms with van der Waals surface area (Å²) in [4.78, 5) is 22.6. The van der Waals surface area contributed by atoms with Gasteiger partial charge < -0.3 is 72.0 Å². The van der Waals surface area contributed by atoms with Crippen molar-refractivity contribution >= 4 is 54.3 Å². The van der Waals surface area contributed by atoms with Crippen LogP contribution in [-0.4, -0.2) is 202 Å². The van der Waals surface area contributed by atoms with Gasteiger partial charge in [0.15, 0.2) is 0 Å². The Balaban J connectivity index is 0.827. The third kappa shape index (κ3) is 24.4. The molecule has 0 bridgehead atoms. The number of carboxylic acids is 1. The van der Waals surface area contributed by atoms with E-state index in [1.807, 2.05) is 38.1 Å². The number of benzene rings is 4. The molecule has 0 aliphatic heterocycles. The van der Waals surface area contributed by atoms with Gasteiger partial charge in [-0.25, -0.2) is 0 Å². The first-order valence-electron chi connectivity index (χ1n) is 24.8. The van der Waals surface area contributed by atoms with E-state index in [0.717, 1.165) is 63.1 Å². The SMILES string of the molecule is Cc1cc(OCCCCCC(=O)NCCOCCOCCOCCOCCOCCOCCOCCOCCOCCOCCOCCOCCC(=O)O)c2ccc3c(S(=O)(=O)O)cc(C)c4ccc1c2c43. The topological polar surface area (TPSA) is 241 Å². The van der Waals surface area contributed by atoms with E-state index in [-0.39, 0.29) is 23.8 Å². The summed E-state index contributed by atoms with van der Waals surface area (Å²) in [7, 11) is -4.42. The Morgan fingerprint density at radius 2 is 0.806 bits per heavy atom. The molecule has 4 aromatic rings. The van der Waals surface area contributed by atoms with Crippen LogP contribution < -0.4 is 10.1 Å². The lowest BCUT2D eigenvalue weighted by molar-refractivity contribution is -0.138. The first-order valence-corrected chi connectivity index (χ1v) is 26.2.